The lowest BCUT2D eigenvalue weighted by atomic mass is 9.93. The predicted molar refractivity (Wildman–Crippen MR) is 128 cm³/mol. The Morgan fingerprint density at radius 2 is 1.67 bits per heavy atom. The third-order valence-corrected chi connectivity index (χ3v) is 5.14. The molecule has 0 unspecified atom stereocenters. The molecule has 1 heterocycles. The summed E-state index contributed by atoms with van der Waals surface area (Å²) in [4.78, 5) is 27.1. The average molecular weight is 435 g/mol. The van der Waals surface area contributed by atoms with Gasteiger partial charge >= 0.3 is 5.97 Å². The lowest BCUT2D eigenvalue weighted by Gasteiger charge is -2.13. The van der Waals surface area contributed by atoms with E-state index in [0.29, 0.717) is 23.5 Å². The van der Waals surface area contributed by atoms with E-state index in [1.54, 1.807) is 24.5 Å². The van der Waals surface area contributed by atoms with Crippen LogP contribution in [0.25, 0.3) is 28.3 Å². The molecule has 0 saturated carbocycles. The zero-order valence-electron chi connectivity index (χ0n) is 17.7. The maximum Gasteiger partial charge on any atom is 0.328 e. The standard InChI is InChI=1S/C28H21NO4/c30-18-24-15-21(8-11-27(24)23-7-4-14-29-17-23)26-12-10-25(16-22(26)9-13-28(31)32)33-19-20-5-2-1-3-6-20/h1-18H,19H2,(H,31,32). The second-order valence-electron chi connectivity index (χ2n) is 7.36. The number of aliphatic carboxylic acids is 1. The molecule has 4 rings (SSSR count). The molecule has 0 aliphatic heterocycles. The molecule has 0 radical (unpaired) electrons. The molecule has 3 aromatic carbocycles. The van der Waals surface area contributed by atoms with Gasteiger partial charge < -0.3 is 9.84 Å². The third kappa shape index (κ3) is 5.40. The molecule has 4 aromatic rings. The van der Waals surface area contributed by atoms with E-state index in [2.05, 4.69) is 4.98 Å². The van der Waals surface area contributed by atoms with Crippen molar-refractivity contribution in [1.82, 2.24) is 4.98 Å². The molecule has 0 saturated heterocycles. The van der Waals surface area contributed by atoms with Crippen molar-refractivity contribution in [2.75, 3.05) is 0 Å². The van der Waals surface area contributed by atoms with Crippen LogP contribution in [0.15, 0.2) is 97.3 Å². The molecular formula is C28H21NO4. The first-order chi connectivity index (χ1) is 16.1. The molecule has 0 aliphatic rings. The van der Waals surface area contributed by atoms with Crippen LogP contribution in [0.1, 0.15) is 21.5 Å². The second-order valence-corrected chi connectivity index (χ2v) is 7.36. The highest BCUT2D eigenvalue weighted by molar-refractivity contribution is 5.92. The Kier molecular flexibility index (Phi) is 6.71. The predicted octanol–water partition coefficient (Wildman–Crippen LogP) is 5.90. The van der Waals surface area contributed by atoms with Gasteiger partial charge in [-0.05, 0) is 58.2 Å². The fourth-order valence-corrected chi connectivity index (χ4v) is 3.55. The van der Waals surface area contributed by atoms with Gasteiger partial charge in [0.2, 0.25) is 0 Å². The molecule has 1 N–H and O–H groups in total. The Morgan fingerprint density at radius 3 is 2.39 bits per heavy atom. The number of hydrogen-bond acceptors (Lipinski definition) is 4. The van der Waals surface area contributed by atoms with Crippen molar-refractivity contribution in [3.05, 3.63) is 114 Å². The van der Waals surface area contributed by atoms with E-state index in [0.717, 1.165) is 40.2 Å². The number of carbonyl (C=O) groups is 2. The molecule has 0 aliphatic carbocycles. The van der Waals surface area contributed by atoms with Gasteiger partial charge in [0, 0.05) is 29.6 Å². The lowest BCUT2D eigenvalue weighted by Crippen LogP contribution is -1.96. The Hall–Kier alpha value is -4.51. The van der Waals surface area contributed by atoms with Crippen LogP contribution in [0.3, 0.4) is 0 Å². The minimum Gasteiger partial charge on any atom is -0.489 e. The minimum atomic E-state index is -1.04. The topological polar surface area (TPSA) is 76.5 Å². The number of hydrogen-bond donors (Lipinski definition) is 1. The van der Waals surface area contributed by atoms with Crippen molar-refractivity contribution in [2.24, 2.45) is 0 Å². The van der Waals surface area contributed by atoms with Crippen molar-refractivity contribution in [2.45, 2.75) is 6.61 Å². The van der Waals surface area contributed by atoms with Crippen molar-refractivity contribution in [1.29, 1.82) is 0 Å². The normalized spacial score (nSPS) is 10.8. The van der Waals surface area contributed by atoms with Gasteiger partial charge in [-0.2, -0.15) is 0 Å². The highest BCUT2D eigenvalue weighted by Gasteiger charge is 2.11. The fraction of sp³-hybridized carbons (Fsp3) is 0.0357. The molecule has 33 heavy (non-hydrogen) atoms. The van der Waals surface area contributed by atoms with E-state index in [9.17, 15) is 9.59 Å². The number of benzene rings is 3. The number of ether oxygens (including phenoxy) is 1. The van der Waals surface area contributed by atoms with Crippen LogP contribution in [0.5, 0.6) is 5.75 Å². The monoisotopic (exact) mass is 435 g/mol. The third-order valence-electron chi connectivity index (χ3n) is 5.14. The van der Waals surface area contributed by atoms with Gasteiger partial charge in [0.25, 0.3) is 0 Å². The molecule has 1 aromatic heterocycles. The lowest BCUT2D eigenvalue weighted by molar-refractivity contribution is -0.131. The van der Waals surface area contributed by atoms with E-state index in [1.807, 2.05) is 66.7 Å². The molecule has 0 atom stereocenters. The summed E-state index contributed by atoms with van der Waals surface area (Å²) in [5.41, 5.74) is 5.46. The molecule has 0 fully saturated rings. The number of pyridine rings is 1. The summed E-state index contributed by atoms with van der Waals surface area (Å²) < 4.78 is 5.91. The summed E-state index contributed by atoms with van der Waals surface area (Å²) in [6.07, 6.45) is 6.83. The molecule has 0 spiro atoms. The summed E-state index contributed by atoms with van der Waals surface area (Å²) in [6, 6.07) is 24.6. The number of aromatic nitrogens is 1. The van der Waals surface area contributed by atoms with Crippen LogP contribution in [0, 0.1) is 0 Å². The van der Waals surface area contributed by atoms with E-state index in [4.69, 9.17) is 9.84 Å². The fourth-order valence-electron chi connectivity index (χ4n) is 3.55. The zero-order chi connectivity index (χ0) is 23.0. The largest absolute Gasteiger partial charge is 0.489 e. The zero-order valence-corrected chi connectivity index (χ0v) is 17.7. The maximum atomic E-state index is 11.8. The summed E-state index contributed by atoms with van der Waals surface area (Å²) in [5, 5.41) is 9.13. The van der Waals surface area contributed by atoms with E-state index >= 15 is 0 Å². The van der Waals surface area contributed by atoms with Crippen LogP contribution in [-0.2, 0) is 11.4 Å². The molecule has 162 valence electrons. The number of carbonyl (C=O) groups excluding carboxylic acids is 1. The number of aldehydes is 1. The molecule has 0 bridgehead atoms. The first kappa shape index (κ1) is 21.7. The van der Waals surface area contributed by atoms with E-state index < -0.39 is 5.97 Å². The second kappa shape index (κ2) is 10.2. The van der Waals surface area contributed by atoms with Gasteiger partial charge in [0.05, 0.1) is 0 Å². The first-order valence-electron chi connectivity index (χ1n) is 10.4. The number of carboxylic acids is 1. The summed E-state index contributed by atoms with van der Waals surface area (Å²) in [6.45, 7) is 0.400. The van der Waals surface area contributed by atoms with Gasteiger partial charge in [-0.3, -0.25) is 9.78 Å². The Labute approximate surface area is 191 Å². The van der Waals surface area contributed by atoms with Crippen LogP contribution in [-0.4, -0.2) is 22.3 Å². The molecule has 5 heteroatoms. The molecular weight excluding hydrogens is 414 g/mol. The van der Waals surface area contributed by atoms with Crippen LogP contribution < -0.4 is 4.74 Å². The Bertz CT molecular complexity index is 1300. The summed E-state index contributed by atoms with van der Waals surface area (Å²) >= 11 is 0. The highest BCUT2D eigenvalue weighted by Crippen LogP contribution is 2.32. The van der Waals surface area contributed by atoms with Gasteiger partial charge in [-0.15, -0.1) is 0 Å². The van der Waals surface area contributed by atoms with Crippen molar-refractivity contribution >= 4 is 18.3 Å². The highest BCUT2D eigenvalue weighted by atomic mass is 16.5. The average Bonchev–Trinajstić information content (AvgIpc) is 2.87. The SMILES string of the molecule is O=Cc1cc(-c2ccc(OCc3ccccc3)cc2C=CC(=O)O)ccc1-c1cccnc1. The van der Waals surface area contributed by atoms with Crippen LogP contribution >= 0.6 is 0 Å². The smallest absolute Gasteiger partial charge is 0.328 e. The van der Waals surface area contributed by atoms with Gasteiger partial charge in [0.1, 0.15) is 12.4 Å². The van der Waals surface area contributed by atoms with Crippen LogP contribution in [0.2, 0.25) is 0 Å². The molecule has 5 nitrogen and oxygen atoms in total. The van der Waals surface area contributed by atoms with Gasteiger partial charge in [-0.25, -0.2) is 4.79 Å². The number of nitrogens with zero attached hydrogens (tertiary/aromatic N) is 1. The van der Waals surface area contributed by atoms with Gasteiger partial charge in [0.15, 0.2) is 6.29 Å². The summed E-state index contributed by atoms with van der Waals surface area (Å²) in [5.74, 6) is -0.424. The first-order valence-corrected chi connectivity index (χ1v) is 10.4. The minimum absolute atomic E-state index is 0.400. The van der Waals surface area contributed by atoms with E-state index in [-0.39, 0.29) is 0 Å². The Balaban J connectivity index is 1.70. The number of carboxylic acid groups (broad SMARTS) is 1. The number of rotatable bonds is 8. The van der Waals surface area contributed by atoms with Crippen LogP contribution in [0.4, 0.5) is 0 Å². The Morgan fingerprint density at radius 1 is 0.879 bits per heavy atom. The molecule has 0 amide bonds. The maximum absolute atomic E-state index is 11.8. The van der Waals surface area contributed by atoms with Crippen molar-refractivity contribution < 1.29 is 19.4 Å². The van der Waals surface area contributed by atoms with Gasteiger partial charge in [-0.1, -0.05) is 54.6 Å². The quantitative estimate of drug-likeness (QED) is 0.275. The summed E-state index contributed by atoms with van der Waals surface area (Å²) in [7, 11) is 0. The van der Waals surface area contributed by atoms with E-state index in [1.165, 1.54) is 6.08 Å². The van der Waals surface area contributed by atoms with Crippen molar-refractivity contribution in [3.8, 4) is 28.0 Å². The van der Waals surface area contributed by atoms with Crippen molar-refractivity contribution in [3.63, 3.8) is 0 Å².